The summed E-state index contributed by atoms with van der Waals surface area (Å²) in [5.74, 6) is -0.253. The Morgan fingerprint density at radius 3 is 2.87 bits per heavy atom. The molecule has 2 atom stereocenters. The summed E-state index contributed by atoms with van der Waals surface area (Å²) in [6.07, 6.45) is 2.16. The van der Waals surface area contributed by atoms with Gasteiger partial charge in [0.05, 0.1) is 5.02 Å². The highest BCUT2D eigenvalue weighted by atomic mass is 35.5. The minimum Gasteiger partial charge on any atom is -0.575 e. The highest BCUT2D eigenvalue weighted by Gasteiger charge is 2.22. The van der Waals surface area contributed by atoms with Crippen molar-refractivity contribution in [1.29, 1.82) is 0 Å². The van der Waals surface area contributed by atoms with Crippen molar-refractivity contribution < 1.29 is 19.3 Å². The summed E-state index contributed by atoms with van der Waals surface area (Å²) >= 11 is 7.62. The van der Waals surface area contributed by atoms with Crippen molar-refractivity contribution in [3.8, 4) is 5.75 Å². The Morgan fingerprint density at radius 1 is 1.43 bits per heavy atom. The second kappa shape index (κ2) is 8.50. The summed E-state index contributed by atoms with van der Waals surface area (Å²) in [7, 11) is -2.53. The van der Waals surface area contributed by atoms with Crippen LogP contribution >= 0.6 is 31.5 Å². The number of thioether (sulfide) groups is 1. The Hall–Kier alpha value is -1.33. The number of carbonyl (C=O) groups is 1. The lowest BCUT2D eigenvalue weighted by Gasteiger charge is -2.07. The average Bonchev–Trinajstić information content (AvgIpc) is 2.54. The van der Waals surface area contributed by atoms with Gasteiger partial charge in [-0.15, -0.1) is 0 Å². The van der Waals surface area contributed by atoms with Crippen molar-refractivity contribution >= 4 is 48.3 Å². The third-order valence-corrected chi connectivity index (χ3v) is 4.86. The van der Waals surface area contributed by atoms with Gasteiger partial charge in [0.15, 0.2) is 6.04 Å². The van der Waals surface area contributed by atoms with Gasteiger partial charge in [0.25, 0.3) is 0 Å². The zero-order chi connectivity index (χ0) is 16.8. The van der Waals surface area contributed by atoms with Crippen LogP contribution in [0.15, 0.2) is 41.1 Å². The SMILES string of the molecule is CSCCC(N=[P+]([O-])Oc1c(Cl)ccc2ccccc12)C(=O)O. The number of aliphatic carboxylic acids is 1. The van der Waals surface area contributed by atoms with Crippen LogP contribution in [0.25, 0.3) is 10.8 Å². The van der Waals surface area contributed by atoms with E-state index in [4.69, 9.17) is 21.2 Å². The van der Waals surface area contributed by atoms with Crippen molar-refractivity contribution in [3.05, 3.63) is 41.4 Å². The third kappa shape index (κ3) is 4.82. The fourth-order valence-corrected chi connectivity index (χ4v) is 3.54. The number of fused-ring (bicyclic) bond motifs is 1. The lowest BCUT2D eigenvalue weighted by Crippen LogP contribution is -2.19. The van der Waals surface area contributed by atoms with Crippen molar-refractivity contribution in [2.75, 3.05) is 12.0 Å². The quantitative estimate of drug-likeness (QED) is 0.745. The van der Waals surface area contributed by atoms with Gasteiger partial charge in [-0.2, -0.15) is 11.8 Å². The molecule has 2 unspecified atom stereocenters. The number of hydrogen-bond donors (Lipinski definition) is 1. The van der Waals surface area contributed by atoms with E-state index in [1.165, 1.54) is 11.8 Å². The van der Waals surface area contributed by atoms with Gasteiger partial charge in [-0.05, 0) is 29.9 Å². The molecule has 2 aromatic carbocycles. The largest absolute Gasteiger partial charge is 0.575 e. The zero-order valence-corrected chi connectivity index (χ0v) is 14.8. The first-order valence-corrected chi connectivity index (χ1v) is 9.68. The van der Waals surface area contributed by atoms with Crippen LogP contribution in [0.4, 0.5) is 0 Å². The second-order valence-corrected chi connectivity index (χ2v) is 6.96. The maximum absolute atomic E-state index is 12.1. The van der Waals surface area contributed by atoms with Crippen LogP contribution in [0.2, 0.25) is 5.02 Å². The van der Waals surface area contributed by atoms with Crippen LogP contribution < -0.4 is 9.42 Å². The van der Waals surface area contributed by atoms with Gasteiger partial charge < -0.3 is 10.00 Å². The molecule has 0 aliphatic rings. The molecule has 0 aliphatic carbocycles. The molecule has 8 heteroatoms. The molecule has 0 aliphatic heterocycles. The third-order valence-electron chi connectivity index (χ3n) is 3.12. The van der Waals surface area contributed by atoms with Crippen molar-refractivity contribution in [2.24, 2.45) is 4.74 Å². The van der Waals surface area contributed by atoms with Crippen LogP contribution in [0.5, 0.6) is 5.75 Å². The lowest BCUT2D eigenvalue weighted by molar-refractivity contribution is -0.169. The highest BCUT2D eigenvalue weighted by Crippen LogP contribution is 2.38. The van der Waals surface area contributed by atoms with Crippen LogP contribution in [-0.4, -0.2) is 29.1 Å². The molecule has 0 spiro atoms. The summed E-state index contributed by atoms with van der Waals surface area (Å²) in [5, 5.41) is 11.0. The molecule has 0 radical (unpaired) electrons. The first kappa shape index (κ1) is 18.0. The van der Waals surface area contributed by atoms with Gasteiger partial charge in [-0.1, -0.05) is 46.7 Å². The molecule has 2 rings (SSSR count). The molecule has 23 heavy (non-hydrogen) atoms. The van der Waals surface area contributed by atoms with Crippen molar-refractivity contribution in [3.63, 3.8) is 0 Å². The first-order valence-electron chi connectivity index (χ1n) is 6.78. The summed E-state index contributed by atoms with van der Waals surface area (Å²) in [4.78, 5) is 23.3. The van der Waals surface area contributed by atoms with Gasteiger partial charge in [0.2, 0.25) is 5.75 Å². The van der Waals surface area contributed by atoms with E-state index in [0.29, 0.717) is 22.6 Å². The summed E-state index contributed by atoms with van der Waals surface area (Å²) in [5.41, 5.74) is 0. The summed E-state index contributed by atoms with van der Waals surface area (Å²) in [6.45, 7) is 0. The number of halogens is 1. The Balaban J connectivity index is 2.28. The predicted octanol–water partition coefficient (Wildman–Crippen LogP) is 3.93. The van der Waals surface area contributed by atoms with E-state index < -0.39 is 20.2 Å². The monoisotopic (exact) mass is 371 g/mol. The maximum Gasteiger partial charge on any atom is 0.395 e. The van der Waals surface area contributed by atoms with Gasteiger partial charge in [0, 0.05) is 5.39 Å². The molecule has 0 aromatic heterocycles. The van der Waals surface area contributed by atoms with Gasteiger partial charge >= 0.3 is 14.1 Å². The smallest absolute Gasteiger partial charge is 0.395 e. The molecule has 1 N–H and O–H groups in total. The highest BCUT2D eigenvalue weighted by molar-refractivity contribution is 7.98. The van der Waals surface area contributed by atoms with Gasteiger partial charge in [-0.3, -0.25) is 4.52 Å². The van der Waals surface area contributed by atoms with Crippen LogP contribution in [0.1, 0.15) is 6.42 Å². The molecule has 2 aromatic rings. The number of rotatable bonds is 7. The van der Waals surface area contributed by atoms with E-state index in [1.54, 1.807) is 12.1 Å². The molecule has 0 heterocycles. The molecule has 0 saturated carbocycles. The number of benzene rings is 2. The van der Waals surface area contributed by atoms with E-state index in [0.717, 1.165) is 5.39 Å². The number of nitrogens with zero attached hydrogens (tertiary/aromatic N) is 1. The van der Waals surface area contributed by atoms with Gasteiger partial charge in [0.1, 0.15) is 0 Å². The average molecular weight is 372 g/mol. The molecule has 0 amide bonds. The molecule has 5 nitrogen and oxygen atoms in total. The standard InChI is InChI=1S/C15H15ClNO4PS/c1-23-9-8-13(15(18)19)17-22(20)21-14-11-5-3-2-4-10(11)6-7-12(14)16/h2-7,13H,8-9H2,1H3,(H,18,19). The van der Waals surface area contributed by atoms with E-state index in [-0.39, 0.29) is 5.75 Å². The van der Waals surface area contributed by atoms with Crippen LogP contribution in [-0.2, 0) is 4.79 Å². The molecule has 0 saturated heterocycles. The fourth-order valence-electron chi connectivity index (χ4n) is 1.98. The minimum atomic E-state index is -2.53. The van der Waals surface area contributed by atoms with E-state index >= 15 is 0 Å². The molecular weight excluding hydrogens is 357 g/mol. The second-order valence-electron chi connectivity index (χ2n) is 4.68. The minimum absolute atomic E-state index is 0.253. The predicted molar refractivity (Wildman–Crippen MR) is 93.4 cm³/mol. The van der Waals surface area contributed by atoms with Crippen molar-refractivity contribution in [2.45, 2.75) is 12.5 Å². The van der Waals surface area contributed by atoms with E-state index in [1.807, 2.05) is 30.5 Å². The van der Waals surface area contributed by atoms with Crippen LogP contribution in [0.3, 0.4) is 0 Å². The zero-order valence-electron chi connectivity index (χ0n) is 12.3. The number of hydrogen-bond acceptors (Lipinski definition) is 5. The topological polar surface area (TPSA) is 82.0 Å². The van der Waals surface area contributed by atoms with E-state index in [2.05, 4.69) is 4.74 Å². The fraction of sp³-hybridized carbons (Fsp3) is 0.267. The summed E-state index contributed by atoms with van der Waals surface area (Å²) < 4.78 is 9.13. The van der Waals surface area contributed by atoms with Crippen molar-refractivity contribution in [1.82, 2.24) is 0 Å². The Bertz CT molecular complexity index is 740. The molecule has 0 bridgehead atoms. The van der Waals surface area contributed by atoms with Gasteiger partial charge in [-0.25, -0.2) is 4.79 Å². The molecule has 122 valence electrons. The Labute approximate surface area is 144 Å². The number of carboxylic acids is 1. The molecular formula is C15H15ClNO4PS. The maximum atomic E-state index is 12.1. The first-order chi connectivity index (χ1) is 11.0. The van der Waals surface area contributed by atoms with E-state index in [9.17, 15) is 9.69 Å². The van der Waals surface area contributed by atoms with Crippen LogP contribution in [0, 0.1) is 0 Å². The molecule has 0 fully saturated rings. The Morgan fingerprint density at radius 2 is 2.17 bits per heavy atom. The summed E-state index contributed by atoms with van der Waals surface area (Å²) in [6, 6.07) is 9.77. The normalized spacial score (nSPS) is 13.1. The lowest BCUT2D eigenvalue weighted by atomic mass is 10.1. The number of carboxylic acid groups (broad SMARTS) is 1. The Kier molecular flexibility index (Phi) is 6.66.